The van der Waals surface area contributed by atoms with Crippen LogP contribution in [0.1, 0.15) is 56.1 Å². The van der Waals surface area contributed by atoms with Crippen LogP contribution >= 0.6 is 11.3 Å². The number of fused-ring (bicyclic) bond motifs is 1. The number of rotatable bonds is 6. The first kappa shape index (κ1) is 24.2. The molecular formula is C28H29N4O3S-. The van der Waals surface area contributed by atoms with Crippen LogP contribution in [0, 0.1) is 11.8 Å². The fraction of sp³-hybridized carbons (Fsp3) is 0.357. The van der Waals surface area contributed by atoms with Crippen molar-refractivity contribution in [2.45, 2.75) is 52.5 Å². The molecule has 1 aromatic carbocycles. The summed E-state index contributed by atoms with van der Waals surface area (Å²) in [6.45, 7) is 6.08. The predicted molar refractivity (Wildman–Crippen MR) is 140 cm³/mol. The molecule has 1 saturated carbocycles. The number of carboxylic acid groups (broad SMARTS) is 1. The summed E-state index contributed by atoms with van der Waals surface area (Å²) >= 11 is 1.15. The summed E-state index contributed by atoms with van der Waals surface area (Å²) in [6.07, 6.45) is 7.33. The number of benzene rings is 1. The Labute approximate surface area is 214 Å². The number of anilines is 1. The van der Waals surface area contributed by atoms with E-state index in [-0.39, 0.29) is 22.7 Å². The van der Waals surface area contributed by atoms with Gasteiger partial charge in [-0.25, -0.2) is 9.50 Å². The fourth-order valence-corrected chi connectivity index (χ4v) is 5.97. The quantitative estimate of drug-likeness (QED) is 0.369. The number of amides is 1. The van der Waals surface area contributed by atoms with E-state index in [4.69, 9.17) is 0 Å². The molecule has 5 rings (SSSR count). The number of aromatic carboxylic acids is 1. The van der Waals surface area contributed by atoms with Gasteiger partial charge in [-0.05, 0) is 63.1 Å². The number of carbonyl (C=O) groups excluding carboxylic acids is 2. The Morgan fingerprint density at radius 1 is 1.08 bits per heavy atom. The van der Waals surface area contributed by atoms with Crippen molar-refractivity contribution in [2.75, 3.05) is 4.90 Å². The van der Waals surface area contributed by atoms with Crippen molar-refractivity contribution in [3.8, 4) is 21.7 Å². The molecule has 1 aliphatic carbocycles. The summed E-state index contributed by atoms with van der Waals surface area (Å²) in [6, 6.07) is 13.2. The minimum atomic E-state index is -1.26. The molecule has 7 nitrogen and oxygen atoms in total. The molecular weight excluding hydrogens is 472 g/mol. The van der Waals surface area contributed by atoms with Crippen LogP contribution in [0.25, 0.3) is 27.3 Å². The summed E-state index contributed by atoms with van der Waals surface area (Å²) in [5.74, 6) is -0.682. The maximum atomic E-state index is 13.5. The Balaban J connectivity index is 1.46. The van der Waals surface area contributed by atoms with Gasteiger partial charge in [0, 0.05) is 40.9 Å². The molecule has 3 heterocycles. The monoisotopic (exact) mass is 501 g/mol. The van der Waals surface area contributed by atoms with Crippen LogP contribution in [0.3, 0.4) is 0 Å². The summed E-state index contributed by atoms with van der Waals surface area (Å²) in [5.41, 5.74) is 3.82. The first-order chi connectivity index (χ1) is 17.3. The van der Waals surface area contributed by atoms with Crippen LogP contribution in [0.5, 0.6) is 0 Å². The van der Waals surface area contributed by atoms with Gasteiger partial charge in [0.2, 0.25) is 5.91 Å². The van der Waals surface area contributed by atoms with Gasteiger partial charge >= 0.3 is 0 Å². The van der Waals surface area contributed by atoms with E-state index in [1.165, 1.54) is 0 Å². The highest BCUT2D eigenvalue weighted by atomic mass is 32.1. The molecule has 3 aromatic heterocycles. The number of thiophene rings is 1. The van der Waals surface area contributed by atoms with Crippen molar-refractivity contribution in [3.63, 3.8) is 0 Å². The van der Waals surface area contributed by atoms with Gasteiger partial charge in [-0.15, -0.1) is 11.3 Å². The van der Waals surface area contributed by atoms with E-state index in [2.05, 4.69) is 17.0 Å². The number of carbonyl (C=O) groups is 2. The highest BCUT2D eigenvalue weighted by Gasteiger charge is 2.32. The second-order valence-electron chi connectivity index (χ2n) is 9.90. The molecule has 1 amide bonds. The van der Waals surface area contributed by atoms with Crippen LogP contribution in [0.2, 0.25) is 0 Å². The largest absolute Gasteiger partial charge is 0.544 e. The standard InChI is InChI=1S/C28H30N4O3S/c1-17(2)32(27(33)21-7-5-18(3)6-8-21)23-16-24(36-26(23)28(34)35)20-11-9-19(10-12-20)22-15-25-29-13-4-14-31(25)30-22/h4,9-18,21H,5-8H2,1-3H3,(H,34,35)/p-1. The first-order valence-electron chi connectivity index (χ1n) is 12.4. The van der Waals surface area contributed by atoms with E-state index in [0.29, 0.717) is 11.6 Å². The van der Waals surface area contributed by atoms with E-state index >= 15 is 0 Å². The van der Waals surface area contributed by atoms with Crippen molar-refractivity contribution in [1.82, 2.24) is 14.6 Å². The van der Waals surface area contributed by atoms with Crippen LogP contribution in [0.15, 0.2) is 54.9 Å². The molecule has 0 bridgehead atoms. The molecule has 36 heavy (non-hydrogen) atoms. The number of carboxylic acids is 1. The normalized spacial score (nSPS) is 18.0. The van der Waals surface area contributed by atoms with Crippen LogP contribution in [-0.4, -0.2) is 32.5 Å². The average Bonchev–Trinajstić information content (AvgIpc) is 3.49. The lowest BCUT2D eigenvalue weighted by Crippen LogP contribution is -2.43. The first-order valence-corrected chi connectivity index (χ1v) is 13.2. The maximum Gasteiger partial charge on any atom is 0.230 e. The summed E-state index contributed by atoms with van der Waals surface area (Å²) in [4.78, 5) is 32.5. The number of hydrogen-bond donors (Lipinski definition) is 0. The van der Waals surface area contributed by atoms with Gasteiger partial charge in [0.15, 0.2) is 5.65 Å². The highest BCUT2D eigenvalue weighted by molar-refractivity contribution is 7.18. The lowest BCUT2D eigenvalue weighted by atomic mass is 9.82. The second kappa shape index (κ2) is 9.85. The van der Waals surface area contributed by atoms with Crippen LogP contribution < -0.4 is 10.0 Å². The van der Waals surface area contributed by atoms with E-state index in [9.17, 15) is 14.7 Å². The van der Waals surface area contributed by atoms with Crippen molar-refractivity contribution in [1.29, 1.82) is 0 Å². The summed E-state index contributed by atoms with van der Waals surface area (Å²) in [5, 5.41) is 16.7. The zero-order valence-electron chi connectivity index (χ0n) is 20.7. The van der Waals surface area contributed by atoms with E-state index < -0.39 is 5.97 Å². The molecule has 0 aliphatic heterocycles. The van der Waals surface area contributed by atoms with Gasteiger partial charge in [-0.3, -0.25) is 4.79 Å². The minimum absolute atomic E-state index is 0.0135. The highest BCUT2D eigenvalue weighted by Crippen LogP contribution is 2.40. The van der Waals surface area contributed by atoms with Crippen LogP contribution in [0.4, 0.5) is 5.69 Å². The Kier molecular flexibility index (Phi) is 6.62. The smallest absolute Gasteiger partial charge is 0.230 e. The molecule has 4 aromatic rings. The fourth-order valence-electron chi connectivity index (χ4n) is 4.98. The van der Waals surface area contributed by atoms with Crippen molar-refractivity contribution in [3.05, 3.63) is 59.7 Å². The molecule has 0 spiro atoms. The number of aromatic nitrogens is 3. The zero-order chi connectivity index (χ0) is 25.4. The van der Waals surface area contributed by atoms with E-state index in [0.717, 1.165) is 64.4 Å². The Bertz CT molecular complexity index is 1360. The van der Waals surface area contributed by atoms with Gasteiger partial charge < -0.3 is 14.8 Å². The zero-order valence-corrected chi connectivity index (χ0v) is 21.5. The van der Waals surface area contributed by atoms with Gasteiger partial charge in [-0.1, -0.05) is 31.2 Å². The molecule has 186 valence electrons. The third-order valence-electron chi connectivity index (χ3n) is 6.98. The number of hydrogen-bond acceptors (Lipinski definition) is 6. The Hall–Kier alpha value is -3.52. The van der Waals surface area contributed by atoms with E-state index in [1.807, 2.05) is 62.5 Å². The Morgan fingerprint density at radius 3 is 2.42 bits per heavy atom. The van der Waals surface area contributed by atoms with Crippen molar-refractivity contribution in [2.24, 2.45) is 11.8 Å². The van der Waals surface area contributed by atoms with E-state index in [1.54, 1.807) is 15.6 Å². The number of nitrogens with zero attached hydrogens (tertiary/aromatic N) is 4. The van der Waals surface area contributed by atoms with Gasteiger partial charge in [0.1, 0.15) is 0 Å². The summed E-state index contributed by atoms with van der Waals surface area (Å²) < 4.78 is 1.73. The van der Waals surface area contributed by atoms with Gasteiger partial charge in [0.05, 0.1) is 22.2 Å². The molecule has 0 saturated heterocycles. The molecule has 0 unspecified atom stereocenters. The molecule has 0 atom stereocenters. The van der Waals surface area contributed by atoms with Gasteiger partial charge in [-0.2, -0.15) is 5.10 Å². The molecule has 0 N–H and O–H groups in total. The molecule has 8 heteroatoms. The Morgan fingerprint density at radius 2 is 1.78 bits per heavy atom. The molecule has 0 radical (unpaired) electrons. The lowest BCUT2D eigenvalue weighted by Gasteiger charge is -2.33. The molecule has 1 aliphatic rings. The average molecular weight is 502 g/mol. The SMILES string of the molecule is CC1CCC(C(=O)N(c2cc(-c3ccc(-c4cc5ncccn5n4)cc3)sc2C(=O)[O-])C(C)C)CC1. The third kappa shape index (κ3) is 4.65. The summed E-state index contributed by atoms with van der Waals surface area (Å²) in [7, 11) is 0. The van der Waals surface area contributed by atoms with Gasteiger partial charge in [0.25, 0.3) is 0 Å². The predicted octanol–water partition coefficient (Wildman–Crippen LogP) is 5.06. The topological polar surface area (TPSA) is 90.6 Å². The minimum Gasteiger partial charge on any atom is -0.544 e. The van der Waals surface area contributed by atoms with Crippen LogP contribution in [-0.2, 0) is 4.79 Å². The van der Waals surface area contributed by atoms with Crippen molar-refractivity contribution >= 4 is 34.5 Å². The maximum absolute atomic E-state index is 13.5. The lowest BCUT2D eigenvalue weighted by molar-refractivity contribution is -0.254. The third-order valence-corrected chi connectivity index (χ3v) is 8.13. The second-order valence-corrected chi connectivity index (χ2v) is 11.0. The van der Waals surface area contributed by atoms with Crippen molar-refractivity contribution < 1.29 is 14.7 Å². The molecule has 1 fully saturated rings.